The van der Waals surface area contributed by atoms with Gasteiger partial charge in [0.1, 0.15) is 12.1 Å². The highest BCUT2D eigenvalue weighted by molar-refractivity contribution is 6.21. The Morgan fingerprint density at radius 3 is 2.54 bits per heavy atom. The SMILES string of the molecule is C=C1C(C(=NC)Nc2ccc(CC(C)C=O)cc2C)=C(C)C(/C(C)=C/C=C\C)=NN1CCC(C)C. The minimum atomic E-state index is 0.00715. The van der Waals surface area contributed by atoms with Crippen molar-refractivity contribution < 1.29 is 4.79 Å². The van der Waals surface area contributed by atoms with Gasteiger partial charge in [0.05, 0.1) is 11.4 Å². The van der Waals surface area contributed by atoms with Crippen LogP contribution in [0.3, 0.4) is 0 Å². The molecule has 1 unspecified atom stereocenters. The summed E-state index contributed by atoms with van der Waals surface area (Å²) >= 11 is 0. The summed E-state index contributed by atoms with van der Waals surface area (Å²) in [5.74, 6) is 1.34. The topological polar surface area (TPSA) is 57.1 Å². The molecule has 0 aliphatic carbocycles. The molecule has 0 saturated carbocycles. The molecule has 35 heavy (non-hydrogen) atoms. The van der Waals surface area contributed by atoms with Crippen molar-refractivity contribution in [2.24, 2.45) is 21.9 Å². The summed E-state index contributed by atoms with van der Waals surface area (Å²) in [6.45, 7) is 19.9. The molecule has 5 heteroatoms. The summed E-state index contributed by atoms with van der Waals surface area (Å²) in [5.41, 5.74) is 8.18. The highest BCUT2D eigenvalue weighted by atomic mass is 16.1. The van der Waals surface area contributed by atoms with Gasteiger partial charge in [-0.1, -0.05) is 57.7 Å². The number of hydrogen-bond donors (Lipinski definition) is 1. The third-order valence-corrected chi connectivity index (χ3v) is 6.18. The Hall–Kier alpha value is -3.21. The summed E-state index contributed by atoms with van der Waals surface area (Å²) in [4.78, 5) is 15.7. The monoisotopic (exact) mass is 474 g/mol. The number of aryl methyl sites for hydroxylation is 1. The van der Waals surface area contributed by atoms with Crippen LogP contribution in [0.25, 0.3) is 0 Å². The number of hydrogen-bond acceptors (Lipinski definition) is 4. The first-order valence-electron chi connectivity index (χ1n) is 12.5. The molecule has 1 N–H and O–H groups in total. The van der Waals surface area contributed by atoms with Gasteiger partial charge in [-0.2, -0.15) is 5.10 Å². The van der Waals surface area contributed by atoms with Crippen LogP contribution in [0.1, 0.15) is 59.1 Å². The van der Waals surface area contributed by atoms with Gasteiger partial charge in [0.25, 0.3) is 0 Å². The standard InChI is InChI=1S/C30H42N4O/c1-10-11-12-22(5)29-24(7)28(25(8)34(33-29)16-15-20(2)3)30(31-9)32-27-14-13-26(18-23(27)6)17-21(4)19-35/h10-14,18-21H,8,15-17H2,1-7,9H3,(H,31,32)/b11-10-,22-12+. The first-order valence-corrected chi connectivity index (χ1v) is 12.5. The first-order chi connectivity index (χ1) is 16.6. The van der Waals surface area contributed by atoms with E-state index in [4.69, 9.17) is 5.10 Å². The highest BCUT2D eigenvalue weighted by Crippen LogP contribution is 2.30. The predicted octanol–water partition coefficient (Wildman–Crippen LogP) is 6.88. The van der Waals surface area contributed by atoms with E-state index in [1.54, 1.807) is 7.05 Å². The number of nitrogens with one attached hydrogen (secondary N) is 1. The maximum absolute atomic E-state index is 11.1. The molecule has 0 aromatic heterocycles. The van der Waals surface area contributed by atoms with Gasteiger partial charge in [-0.05, 0) is 74.8 Å². The predicted molar refractivity (Wildman–Crippen MR) is 151 cm³/mol. The molecule has 5 nitrogen and oxygen atoms in total. The second-order valence-corrected chi connectivity index (χ2v) is 9.74. The lowest BCUT2D eigenvalue weighted by Gasteiger charge is -2.32. The quantitative estimate of drug-likeness (QED) is 0.174. The molecule has 1 aliphatic rings. The van der Waals surface area contributed by atoms with Crippen molar-refractivity contribution >= 4 is 23.5 Å². The maximum Gasteiger partial charge on any atom is 0.134 e. The largest absolute Gasteiger partial charge is 0.340 e. The zero-order chi connectivity index (χ0) is 26.1. The van der Waals surface area contributed by atoms with Crippen LogP contribution in [0.2, 0.25) is 0 Å². The van der Waals surface area contributed by atoms with Gasteiger partial charge in [0, 0.05) is 30.8 Å². The third-order valence-electron chi connectivity index (χ3n) is 6.18. The second kappa shape index (κ2) is 13.0. The Balaban J connectivity index is 2.47. The molecule has 1 atom stereocenters. The number of allylic oxidation sites excluding steroid dienone is 5. The molecule has 1 aromatic carbocycles. The van der Waals surface area contributed by atoms with Crippen LogP contribution >= 0.6 is 0 Å². The molecule has 188 valence electrons. The van der Waals surface area contributed by atoms with Crippen LogP contribution in [-0.4, -0.2) is 36.4 Å². The molecule has 1 aliphatic heterocycles. The van der Waals surface area contributed by atoms with E-state index in [1.807, 2.05) is 31.0 Å². The average molecular weight is 475 g/mol. The van der Waals surface area contributed by atoms with Crippen LogP contribution in [-0.2, 0) is 11.2 Å². The molecule has 0 spiro atoms. The van der Waals surface area contributed by atoms with Gasteiger partial charge in [-0.25, -0.2) is 0 Å². The molecule has 0 fully saturated rings. The van der Waals surface area contributed by atoms with Crippen LogP contribution in [0.5, 0.6) is 0 Å². The van der Waals surface area contributed by atoms with E-state index in [0.717, 1.165) is 76.5 Å². The van der Waals surface area contributed by atoms with Crippen molar-refractivity contribution in [2.45, 2.75) is 61.3 Å². The van der Waals surface area contributed by atoms with E-state index in [-0.39, 0.29) is 5.92 Å². The number of aldehydes is 1. The number of carbonyl (C=O) groups is 1. The lowest BCUT2D eigenvalue weighted by molar-refractivity contribution is -0.110. The first kappa shape index (κ1) is 28.0. The normalized spacial score (nSPS) is 16.3. The van der Waals surface area contributed by atoms with Crippen molar-refractivity contribution in [3.63, 3.8) is 0 Å². The second-order valence-electron chi connectivity index (χ2n) is 9.74. The molecule has 0 bridgehead atoms. The van der Waals surface area contributed by atoms with Crippen LogP contribution in [0.15, 0.2) is 75.5 Å². The van der Waals surface area contributed by atoms with E-state index in [9.17, 15) is 4.79 Å². The van der Waals surface area contributed by atoms with Crippen molar-refractivity contribution in [2.75, 3.05) is 18.9 Å². The van der Waals surface area contributed by atoms with Crippen molar-refractivity contribution in [3.05, 3.63) is 76.5 Å². The minimum Gasteiger partial charge on any atom is -0.340 e. The Labute approximate surface area is 212 Å². The Morgan fingerprint density at radius 1 is 1.26 bits per heavy atom. The van der Waals surface area contributed by atoms with E-state index in [0.29, 0.717) is 5.92 Å². The van der Waals surface area contributed by atoms with E-state index < -0.39 is 0 Å². The number of hydrazone groups is 1. The zero-order valence-electron chi connectivity index (χ0n) is 22.8. The fourth-order valence-corrected chi connectivity index (χ4v) is 4.06. The van der Waals surface area contributed by atoms with Crippen LogP contribution in [0, 0.1) is 18.8 Å². The smallest absolute Gasteiger partial charge is 0.134 e. The van der Waals surface area contributed by atoms with Gasteiger partial charge >= 0.3 is 0 Å². The van der Waals surface area contributed by atoms with Crippen molar-refractivity contribution in [1.29, 1.82) is 0 Å². The molecule has 0 amide bonds. The number of anilines is 1. The third kappa shape index (κ3) is 7.38. The van der Waals surface area contributed by atoms with Crippen LogP contribution in [0.4, 0.5) is 5.69 Å². The number of nitrogens with zero attached hydrogens (tertiary/aromatic N) is 3. The van der Waals surface area contributed by atoms with Gasteiger partial charge in [0.15, 0.2) is 0 Å². The van der Waals surface area contributed by atoms with Crippen LogP contribution < -0.4 is 5.32 Å². The van der Waals surface area contributed by atoms with E-state index in [2.05, 4.69) is 75.8 Å². The molecule has 0 radical (unpaired) electrons. The van der Waals surface area contributed by atoms with Gasteiger partial charge in [-0.15, -0.1) is 0 Å². The fraction of sp³-hybridized carbons (Fsp3) is 0.433. The molecule has 2 rings (SSSR count). The minimum absolute atomic E-state index is 0.00715. The molecule has 1 heterocycles. The summed E-state index contributed by atoms with van der Waals surface area (Å²) < 4.78 is 0. The van der Waals surface area contributed by atoms with Gasteiger partial charge in [-0.3, -0.25) is 10.0 Å². The Kier molecular flexibility index (Phi) is 10.4. The van der Waals surface area contributed by atoms with Crippen molar-refractivity contribution in [3.8, 4) is 0 Å². The fourth-order valence-electron chi connectivity index (χ4n) is 4.06. The van der Waals surface area contributed by atoms with Gasteiger partial charge in [0.2, 0.25) is 0 Å². The van der Waals surface area contributed by atoms with E-state index >= 15 is 0 Å². The highest BCUT2D eigenvalue weighted by Gasteiger charge is 2.27. The summed E-state index contributed by atoms with van der Waals surface area (Å²) in [6, 6.07) is 6.28. The molecular formula is C30H42N4O. The lowest BCUT2D eigenvalue weighted by Crippen LogP contribution is -2.32. The number of rotatable bonds is 10. The van der Waals surface area contributed by atoms with Gasteiger partial charge < -0.3 is 10.1 Å². The summed E-state index contributed by atoms with van der Waals surface area (Å²) in [7, 11) is 1.80. The average Bonchev–Trinajstić information content (AvgIpc) is 2.82. The number of amidine groups is 1. The Bertz CT molecular complexity index is 1090. The molecule has 1 aromatic rings. The van der Waals surface area contributed by atoms with Crippen molar-refractivity contribution in [1.82, 2.24) is 5.01 Å². The number of aliphatic imine (C=N–C) groups is 1. The van der Waals surface area contributed by atoms with E-state index in [1.165, 1.54) is 0 Å². The maximum atomic E-state index is 11.1. The molecular weight excluding hydrogens is 432 g/mol. The zero-order valence-corrected chi connectivity index (χ0v) is 22.8. The number of benzene rings is 1. The Morgan fingerprint density at radius 2 is 1.97 bits per heavy atom. The number of carbonyl (C=O) groups excluding carboxylic acids is 1. The summed E-state index contributed by atoms with van der Waals surface area (Å²) in [6.07, 6.45) is 8.91. The summed E-state index contributed by atoms with van der Waals surface area (Å²) in [5, 5.41) is 10.6. The lowest BCUT2D eigenvalue weighted by atomic mass is 9.94. The molecule has 0 saturated heterocycles.